The van der Waals surface area contributed by atoms with Crippen molar-refractivity contribution in [1.29, 1.82) is 0 Å². The lowest BCUT2D eigenvalue weighted by molar-refractivity contribution is -0.140. The molecule has 3 nitrogen and oxygen atoms in total. The summed E-state index contributed by atoms with van der Waals surface area (Å²) in [5.41, 5.74) is -1.57. The molecule has 0 aromatic heterocycles. The van der Waals surface area contributed by atoms with Crippen LogP contribution in [0.3, 0.4) is 0 Å². The van der Waals surface area contributed by atoms with Crippen LogP contribution in [0.5, 0.6) is 0 Å². The second kappa shape index (κ2) is 4.02. The van der Waals surface area contributed by atoms with Gasteiger partial charge in [-0.15, -0.1) is 0 Å². The highest BCUT2D eigenvalue weighted by atomic mass is 32.2. The number of hydrogen-bond donors (Lipinski definition) is 1. The van der Waals surface area contributed by atoms with Crippen LogP contribution >= 0.6 is 0 Å². The lowest BCUT2D eigenvalue weighted by Gasteiger charge is -2.08. The van der Waals surface area contributed by atoms with Crippen LogP contribution in [0.25, 0.3) is 0 Å². The van der Waals surface area contributed by atoms with Gasteiger partial charge in [0.05, 0.1) is 11.3 Å². The van der Waals surface area contributed by atoms with E-state index in [0.29, 0.717) is 12.1 Å². The summed E-state index contributed by atoms with van der Waals surface area (Å²) in [6.07, 6.45) is -4.80. The highest BCUT2D eigenvalue weighted by Gasteiger charge is 2.33. The van der Waals surface area contributed by atoms with E-state index in [0.717, 1.165) is 6.07 Å². The van der Waals surface area contributed by atoms with Crippen LogP contribution in [0, 0.1) is 5.82 Å². The molecule has 2 N–H and O–H groups in total. The summed E-state index contributed by atoms with van der Waals surface area (Å²) in [6, 6.07) is 1.86. The largest absolute Gasteiger partial charge is 0.419 e. The molecule has 0 aliphatic carbocycles. The smallest absolute Gasteiger partial charge is 0.228 e. The second-order valence-electron chi connectivity index (χ2n) is 3.12. The first-order valence-corrected chi connectivity index (χ1v) is 5.67. The fraction of sp³-hybridized carbons (Fsp3) is 0.250. The number of primary sulfonamides is 1. The van der Waals surface area contributed by atoms with Crippen molar-refractivity contribution in [2.24, 2.45) is 5.14 Å². The van der Waals surface area contributed by atoms with Gasteiger partial charge in [-0.3, -0.25) is 0 Å². The van der Waals surface area contributed by atoms with Gasteiger partial charge in [-0.1, -0.05) is 6.07 Å². The minimum absolute atomic E-state index is 0.131. The average molecular weight is 257 g/mol. The summed E-state index contributed by atoms with van der Waals surface area (Å²) in [5, 5.41) is 4.67. The molecular formula is C8H7F4NO2S. The van der Waals surface area contributed by atoms with Crippen LogP contribution in [-0.2, 0) is 22.0 Å². The van der Waals surface area contributed by atoms with Gasteiger partial charge < -0.3 is 0 Å². The molecule has 1 aromatic carbocycles. The molecule has 1 aromatic rings. The van der Waals surface area contributed by atoms with Gasteiger partial charge in [-0.2, -0.15) is 13.2 Å². The third kappa shape index (κ3) is 3.46. The average Bonchev–Trinajstić information content (AvgIpc) is 1.97. The number of alkyl halides is 3. The molecule has 0 spiro atoms. The first kappa shape index (κ1) is 12.9. The Balaban J connectivity index is 3.10. The molecule has 0 saturated carbocycles. The fourth-order valence-electron chi connectivity index (χ4n) is 1.11. The van der Waals surface area contributed by atoms with E-state index in [4.69, 9.17) is 0 Å². The maximum atomic E-state index is 13.0. The Hall–Kier alpha value is -1.15. The molecule has 90 valence electrons. The highest BCUT2D eigenvalue weighted by Crippen LogP contribution is 2.31. The van der Waals surface area contributed by atoms with Crippen molar-refractivity contribution >= 4 is 10.0 Å². The van der Waals surface area contributed by atoms with Gasteiger partial charge in [-0.05, 0) is 17.7 Å². The van der Waals surface area contributed by atoms with Crippen molar-refractivity contribution in [3.63, 3.8) is 0 Å². The number of rotatable bonds is 2. The molecule has 0 saturated heterocycles. The maximum Gasteiger partial charge on any atom is 0.419 e. The predicted molar refractivity (Wildman–Crippen MR) is 48.2 cm³/mol. The Morgan fingerprint density at radius 1 is 1.25 bits per heavy atom. The Bertz CT molecular complexity index is 495. The topological polar surface area (TPSA) is 60.2 Å². The molecule has 0 heterocycles. The molecule has 0 atom stereocenters. The van der Waals surface area contributed by atoms with E-state index in [9.17, 15) is 26.0 Å². The monoisotopic (exact) mass is 257 g/mol. The van der Waals surface area contributed by atoms with Crippen LogP contribution in [0.1, 0.15) is 11.1 Å². The number of sulfonamides is 1. The van der Waals surface area contributed by atoms with Crippen LogP contribution < -0.4 is 5.14 Å². The highest BCUT2D eigenvalue weighted by molar-refractivity contribution is 7.88. The van der Waals surface area contributed by atoms with Crippen LogP contribution in [0.15, 0.2) is 18.2 Å². The summed E-state index contributed by atoms with van der Waals surface area (Å²) < 4.78 is 70.6. The zero-order chi connectivity index (χ0) is 12.6. The van der Waals surface area contributed by atoms with E-state index in [1.165, 1.54) is 0 Å². The second-order valence-corrected chi connectivity index (χ2v) is 4.73. The van der Waals surface area contributed by atoms with Crippen molar-refractivity contribution in [3.8, 4) is 0 Å². The molecule has 0 aliphatic rings. The summed E-state index contributed by atoms with van der Waals surface area (Å²) in [5.74, 6) is -2.23. The molecule has 0 bridgehead atoms. The lowest BCUT2D eigenvalue weighted by atomic mass is 10.1. The number of halogens is 4. The molecule has 0 unspecified atom stereocenters. The Morgan fingerprint density at radius 3 is 2.19 bits per heavy atom. The molecule has 0 amide bonds. The van der Waals surface area contributed by atoms with Crippen molar-refractivity contribution in [1.82, 2.24) is 0 Å². The maximum absolute atomic E-state index is 13.0. The van der Waals surface area contributed by atoms with Gasteiger partial charge in [0.1, 0.15) is 5.82 Å². The van der Waals surface area contributed by atoms with Gasteiger partial charge in [0.25, 0.3) is 0 Å². The lowest BCUT2D eigenvalue weighted by Crippen LogP contribution is -2.15. The minimum Gasteiger partial charge on any atom is -0.228 e. The van der Waals surface area contributed by atoms with Gasteiger partial charge in [0.2, 0.25) is 10.0 Å². The number of nitrogens with two attached hydrogens (primary N) is 1. The van der Waals surface area contributed by atoms with E-state index in [-0.39, 0.29) is 5.56 Å². The van der Waals surface area contributed by atoms with Crippen LogP contribution in [0.4, 0.5) is 17.6 Å². The zero-order valence-electron chi connectivity index (χ0n) is 7.75. The van der Waals surface area contributed by atoms with Gasteiger partial charge >= 0.3 is 6.18 Å². The van der Waals surface area contributed by atoms with Crippen molar-refractivity contribution in [3.05, 3.63) is 35.1 Å². The van der Waals surface area contributed by atoms with E-state index >= 15 is 0 Å². The van der Waals surface area contributed by atoms with Crippen molar-refractivity contribution in [2.45, 2.75) is 11.9 Å². The third-order valence-electron chi connectivity index (χ3n) is 1.71. The van der Waals surface area contributed by atoms with Crippen molar-refractivity contribution < 1.29 is 26.0 Å². The minimum atomic E-state index is -4.80. The number of hydrogen-bond acceptors (Lipinski definition) is 2. The SMILES string of the molecule is NS(=O)(=O)Cc1ccc(C(F)(F)F)c(F)c1. The fourth-order valence-corrected chi connectivity index (χ4v) is 1.75. The van der Waals surface area contributed by atoms with E-state index in [1.54, 1.807) is 0 Å². The Morgan fingerprint density at radius 2 is 1.81 bits per heavy atom. The molecule has 0 radical (unpaired) electrons. The quantitative estimate of drug-likeness (QED) is 0.818. The zero-order valence-corrected chi connectivity index (χ0v) is 8.57. The van der Waals surface area contributed by atoms with E-state index in [2.05, 4.69) is 5.14 Å². The first-order chi connectivity index (χ1) is 7.09. The summed E-state index contributed by atoms with van der Waals surface area (Å²) in [4.78, 5) is 0. The summed E-state index contributed by atoms with van der Waals surface area (Å²) >= 11 is 0. The van der Waals surface area contributed by atoms with Gasteiger partial charge in [0, 0.05) is 0 Å². The predicted octanol–water partition coefficient (Wildman–Crippen LogP) is 1.63. The normalized spacial score (nSPS) is 12.8. The first-order valence-electron chi connectivity index (χ1n) is 3.96. The van der Waals surface area contributed by atoms with Crippen LogP contribution in [-0.4, -0.2) is 8.42 Å². The Kier molecular flexibility index (Phi) is 3.25. The molecule has 0 aliphatic heterocycles. The molecule has 1 rings (SSSR count). The Labute approximate surface area is 88.9 Å². The number of benzene rings is 1. The third-order valence-corrected chi connectivity index (χ3v) is 2.44. The summed E-state index contributed by atoms with van der Waals surface area (Å²) in [6.45, 7) is 0. The molecule has 8 heteroatoms. The van der Waals surface area contributed by atoms with E-state index < -0.39 is 33.3 Å². The van der Waals surface area contributed by atoms with Crippen molar-refractivity contribution in [2.75, 3.05) is 0 Å². The van der Waals surface area contributed by atoms with Gasteiger partial charge in [-0.25, -0.2) is 17.9 Å². The standard InChI is InChI=1S/C8H7F4NO2S/c9-7-3-5(4-16(13,14)15)1-2-6(7)8(10,11)12/h1-3H,4H2,(H2,13,14,15). The molecule has 16 heavy (non-hydrogen) atoms. The molecular weight excluding hydrogens is 250 g/mol. The summed E-state index contributed by atoms with van der Waals surface area (Å²) in [7, 11) is -3.89. The van der Waals surface area contributed by atoms with Gasteiger partial charge in [0.15, 0.2) is 0 Å². The molecule has 0 fully saturated rings. The van der Waals surface area contributed by atoms with Crippen LogP contribution in [0.2, 0.25) is 0 Å². The van der Waals surface area contributed by atoms with E-state index in [1.807, 2.05) is 0 Å².